The number of thioether (sulfide) groups is 1. The molecule has 1 atom stereocenters. The van der Waals surface area contributed by atoms with Gasteiger partial charge in [0, 0.05) is 15.7 Å². The molecule has 0 amide bonds. The summed E-state index contributed by atoms with van der Waals surface area (Å²) in [7, 11) is 0. The van der Waals surface area contributed by atoms with Crippen LogP contribution in [0.1, 0.15) is 20.8 Å². The number of rotatable bonds is 7. The van der Waals surface area contributed by atoms with E-state index in [0.717, 1.165) is 4.90 Å². The molecule has 0 aliphatic rings. The Morgan fingerprint density at radius 2 is 2.10 bits per heavy atom. The smallest absolute Gasteiger partial charge is 0.326 e. The van der Waals surface area contributed by atoms with E-state index in [9.17, 15) is 4.79 Å². The number of carbonyl (C=O) groups is 1. The summed E-state index contributed by atoms with van der Waals surface area (Å²) in [6.07, 6.45) is 0. The SMILES string of the molecule is CCNC(C)(CSc1cc(Cl)ccc1Cl)C(=O)OCC. The molecule has 1 N–H and O–H groups in total. The zero-order valence-corrected chi connectivity index (χ0v) is 14.2. The van der Waals surface area contributed by atoms with Crippen LogP contribution in [0.4, 0.5) is 0 Å². The molecule has 0 fully saturated rings. The van der Waals surface area contributed by atoms with Crippen LogP contribution in [0, 0.1) is 0 Å². The molecule has 112 valence electrons. The fraction of sp³-hybridized carbons (Fsp3) is 0.500. The number of carbonyl (C=O) groups excluding carboxylic acids is 1. The van der Waals surface area contributed by atoms with E-state index in [1.54, 1.807) is 25.1 Å². The van der Waals surface area contributed by atoms with Crippen molar-refractivity contribution in [3.63, 3.8) is 0 Å². The van der Waals surface area contributed by atoms with Gasteiger partial charge in [0.2, 0.25) is 0 Å². The number of hydrogen-bond acceptors (Lipinski definition) is 4. The molecule has 0 aromatic heterocycles. The van der Waals surface area contributed by atoms with Gasteiger partial charge in [0.05, 0.1) is 11.6 Å². The van der Waals surface area contributed by atoms with Crippen molar-refractivity contribution in [2.45, 2.75) is 31.2 Å². The van der Waals surface area contributed by atoms with Crippen molar-refractivity contribution in [3.05, 3.63) is 28.2 Å². The van der Waals surface area contributed by atoms with E-state index in [1.165, 1.54) is 11.8 Å². The third-order valence-electron chi connectivity index (χ3n) is 2.70. The van der Waals surface area contributed by atoms with Crippen molar-refractivity contribution in [3.8, 4) is 0 Å². The lowest BCUT2D eigenvalue weighted by Crippen LogP contribution is -2.52. The summed E-state index contributed by atoms with van der Waals surface area (Å²) < 4.78 is 5.13. The molecule has 0 bridgehead atoms. The summed E-state index contributed by atoms with van der Waals surface area (Å²) >= 11 is 13.6. The molecule has 0 saturated carbocycles. The van der Waals surface area contributed by atoms with Crippen LogP contribution in [0.15, 0.2) is 23.1 Å². The second-order valence-electron chi connectivity index (χ2n) is 4.45. The average Bonchev–Trinajstić information content (AvgIpc) is 2.40. The molecule has 20 heavy (non-hydrogen) atoms. The van der Waals surface area contributed by atoms with E-state index in [2.05, 4.69) is 5.32 Å². The van der Waals surface area contributed by atoms with Gasteiger partial charge in [0.25, 0.3) is 0 Å². The predicted molar refractivity (Wildman–Crippen MR) is 85.9 cm³/mol. The standard InChI is InChI=1S/C14H19Cl2NO2S/c1-4-17-14(3,13(18)19-5-2)9-20-12-8-10(15)6-7-11(12)16/h6-8,17H,4-5,9H2,1-3H3. The first-order chi connectivity index (χ1) is 9.42. The highest BCUT2D eigenvalue weighted by Crippen LogP contribution is 2.32. The van der Waals surface area contributed by atoms with Crippen LogP contribution in [0.3, 0.4) is 0 Å². The van der Waals surface area contributed by atoms with Crippen molar-refractivity contribution in [2.75, 3.05) is 18.9 Å². The molecular weight excluding hydrogens is 317 g/mol. The summed E-state index contributed by atoms with van der Waals surface area (Å²) in [4.78, 5) is 12.9. The first kappa shape index (κ1) is 17.6. The third kappa shape index (κ3) is 4.85. The van der Waals surface area contributed by atoms with Crippen molar-refractivity contribution in [2.24, 2.45) is 0 Å². The van der Waals surface area contributed by atoms with Gasteiger partial charge in [-0.2, -0.15) is 0 Å². The maximum absolute atomic E-state index is 12.1. The first-order valence-corrected chi connectivity index (χ1v) is 8.17. The van der Waals surface area contributed by atoms with Gasteiger partial charge >= 0.3 is 5.97 Å². The van der Waals surface area contributed by atoms with Crippen molar-refractivity contribution < 1.29 is 9.53 Å². The number of esters is 1. The van der Waals surface area contributed by atoms with Crippen molar-refractivity contribution in [1.29, 1.82) is 0 Å². The number of hydrogen-bond donors (Lipinski definition) is 1. The Morgan fingerprint density at radius 1 is 1.40 bits per heavy atom. The van der Waals surface area contributed by atoms with E-state index in [0.29, 0.717) is 28.9 Å². The van der Waals surface area contributed by atoms with Gasteiger partial charge in [-0.15, -0.1) is 11.8 Å². The van der Waals surface area contributed by atoms with Gasteiger partial charge in [-0.05, 0) is 38.6 Å². The molecule has 1 aromatic carbocycles. The molecule has 0 aliphatic carbocycles. The predicted octanol–water partition coefficient (Wildman–Crippen LogP) is 4.02. The van der Waals surface area contributed by atoms with Crippen molar-refractivity contribution in [1.82, 2.24) is 5.32 Å². The lowest BCUT2D eigenvalue weighted by atomic mass is 10.1. The van der Waals surface area contributed by atoms with Gasteiger partial charge in [-0.1, -0.05) is 30.1 Å². The van der Waals surface area contributed by atoms with Crippen LogP contribution in [-0.2, 0) is 9.53 Å². The Bertz CT molecular complexity index is 470. The highest BCUT2D eigenvalue weighted by atomic mass is 35.5. The minimum Gasteiger partial charge on any atom is -0.465 e. The molecule has 0 radical (unpaired) electrons. The Kier molecular flexibility index (Phi) is 7.17. The van der Waals surface area contributed by atoms with Crippen LogP contribution in [0.25, 0.3) is 0 Å². The normalized spacial score (nSPS) is 13.8. The largest absolute Gasteiger partial charge is 0.465 e. The zero-order chi connectivity index (χ0) is 15.2. The van der Waals surface area contributed by atoms with E-state index in [4.69, 9.17) is 27.9 Å². The second kappa shape index (κ2) is 8.13. The number of ether oxygens (including phenoxy) is 1. The Labute approximate surface area is 134 Å². The topological polar surface area (TPSA) is 38.3 Å². The summed E-state index contributed by atoms with van der Waals surface area (Å²) in [5.41, 5.74) is -0.749. The molecule has 0 aliphatic heterocycles. The minimum absolute atomic E-state index is 0.257. The van der Waals surface area contributed by atoms with Crippen molar-refractivity contribution >= 4 is 40.9 Å². The van der Waals surface area contributed by atoms with Crippen LogP contribution >= 0.6 is 35.0 Å². The quantitative estimate of drug-likeness (QED) is 0.603. The fourth-order valence-electron chi connectivity index (χ4n) is 1.67. The van der Waals surface area contributed by atoms with E-state index >= 15 is 0 Å². The first-order valence-electron chi connectivity index (χ1n) is 6.43. The number of nitrogens with one attached hydrogen (secondary N) is 1. The Morgan fingerprint density at radius 3 is 2.70 bits per heavy atom. The Balaban J connectivity index is 2.81. The van der Waals surface area contributed by atoms with Crippen LogP contribution in [-0.4, -0.2) is 30.4 Å². The molecular formula is C14H19Cl2NO2S. The molecule has 0 saturated heterocycles. The maximum Gasteiger partial charge on any atom is 0.326 e. The third-order valence-corrected chi connectivity index (χ3v) is 4.75. The van der Waals surface area contributed by atoms with E-state index < -0.39 is 5.54 Å². The summed E-state index contributed by atoms with van der Waals surface area (Å²) in [6.45, 7) is 6.63. The van der Waals surface area contributed by atoms with Gasteiger partial charge in [-0.3, -0.25) is 4.79 Å². The highest BCUT2D eigenvalue weighted by Gasteiger charge is 2.34. The molecule has 3 nitrogen and oxygen atoms in total. The molecule has 1 rings (SSSR count). The molecule has 0 spiro atoms. The van der Waals surface area contributed by atoms with Crippen LogP contribution < -0.4 is 5.32 Å². The van der Waals surface area contributed by atoms with Crippen LogP contribution in [0.5, 0.6) is 0 Å². The molecule has 6 heteroatoms. The number of likely N-dealkylation sites (N-methyl/N-ethyl adjacent to an activating group) is 1. The fourth-order valence-corrected chi connectivity index (χ4v) is 3.27. The van der Waals surface area contributed by atoms with E-state index in [1.807, 2.05) is 13.8 Å². The summed E-state index contributed by atoms with van der Waals surface area (Å²) in [5, 5.41) is 4.43. The minimum atomic E-state index is -0.749. The molecule has 1 aromatic rings. The molecule has 1 unspecified atom stereocenters. The monoisotopic (exact) mass is 335 g/mol. The average molecular weight is 336 g/mol. The van der Waals surface area contributed by atoms with Gasteiger partial charge < -0.3 is 10.1 Å². The van der Waals surface area contributed by atoms with Gasteiger partial charge in [0.15, 0.2) is 0 Å². The summed E-state index contributed by atoms with van der Waals surface area (Å²) in [5.74, 6) is 0.257. The second-order valence-corrected chi connectivity index (χ2v) is 6.31. The number of benzene rings is 1. The number of halogens is 2. The summed E-state index contributed by atoms with van der Waals surface area (Å²) in [6, 6.07) is 5.29. The lowest BCUT2D eigenvalue weighted by molar-refractivity contribution is -0.149. The molecule has 0 heterocycles. The Hall–Kier alpha value is -0.420. The van der Waals surface area contributed by atoms with E-state index in [-0.39, 0.29) is 5.97 Å². The lowest BCUT2D eigenvalue weighted by Gasteiger charge is -2.27. The maximum atomic E-state index is 12.1. The van der Waals surface area contributed by atoms with Gasteiger partial charge in [0.1, 0.15) is 5.54 Å². The zero-order valence-electron chi connectivity index (χ0n) is 11.8. The van der Waals surface area contributed by atoms with Gasteiger partial charge in [-0.25, -0.2) is 0 Å². The highest BCUT2D eigenvalue weighted by molar-refractivity contribution is 7.99. The van der Waals surface area contributed by atoms with Crippen LogP contribution in [0.2, 0.25) is 10.0 Å².